The molecule has 0 spiro atoms. The van der Waals surface area contributed by atoms with Gasteiger partial charge in [0.1, 0.15) is 18.2 Å². The molecule has 0 bridgehead atoms. The first-order chi connectivity index (χ1) is 14.9. The molecule has 1 aromatic heterocycles. The minimum absolute atomic E-state index is 0.0423. The highest BCUT2D eigenvalue weighted by Gasteiger charge is 2.27. The van der Waals surface area contributed by atoms with E-state index in [1.165, 1.54) is 12.4 Å². The molecule has 10 nitrogen and oxygen atoms in total. The third kappa shape index (κ3) is 4.68. The van der Waals surface area contributed by atoms with Crippen molar-refractivity contribution in [2.45, 2.75) is 45.3 Å². The fourth-order valence-electron chi connectivity index (χ4n) is 3.88. The summed E-state index contributed by atoms with van der Waals surface area (Å²) < 4.78 is 11.3. The summed E-state index contributed by atoms with van der Waals surface area (Å²) in [7, 11) is 0. The van der Waals surface area contributed by atoms with Gasteiger partial charge in [-0.25, -0.2) is 14.8 Å². The number of nitrogens with zero attached hydrogens (tertiary/aromatic N) is 5. The average molecular weight is 427 g/mol. The maximum absolute atomic E-state index is 12.0. The number of carbonyl (C=O) groups excluding carboxylic acids is 1. The highest BCUT2D eigenvalue weighted by molar-refractivity contribution is 5.69. The first kappa shape index (κ1) is 20.8. The molecule has 1 fully saturated rings. The fraction of sp³-hybridized carbons (Fsp3) is 0.476. The Bertz CT molecular complexity index is 974. The quantitative estimate of drug-likeness (QED) is 0.527. The van der Waals surface area contributed by atoms with Crippen molar-refractivity contribution in [3.05, 3.63) is 46.3 Å². The highest BCUT2D eigenvalue weighted by atomic mass is 16.6. The molecule has 3 heterocycles. The number of ether oxygens (including phenoxy) is 2. The Balaban J connectivity index is 1.39. The van der Waals surface area contributed by atoms with Crippen molar-refractivity contribution in [2.75, 3.05) is 24.5 Å². The maximum atomic E-state index is 12.0. The van der Waals surface area contributed by atoms with Gasteiger partial charge in [0.2, 0.25) is 5.88 Å². The van der Waals surface area contributed by atoms with Gasteiger partial charge in [-0.05, 0) is 31.9 Å². The van der Waals surface area contributed by atoms with Gasteiger partial charge < -0.3 is 19.3 Å². The number of nitro benzene ring substituents is 1. The van der Waals surface area contributed by atoms with Crippen LogP contribution in [0.25, 0.3) is 0 Å². The Hall–Kier alpha value is -3.43. The van der Waals surface area contributed by atoms with Gasteiger partial charge >= 0.3 is 6.09 Å². The van der Waals surface area contributed by atoms with Gasteiger partial charge in [0.25, 0.3) is 5.69 Å². The van der Waals surface area contributed by atoms with Crippen LogP contribution in [0, 0.1) is 10.1 Å². The molecule has 1 aromatic carbocycles. The van der Waals surface area contributed by atoms with Crippen LogP contribution in [0.3, 0.4) is 0 Å². The molecule has 0 N–H and O–H groups in total. The van der Waals surface area contributed by atoms with Gasteiger partial charge in [-0.1, -0.05) is 0 Å². The Morgan fingerprint density at radius 3 is 2.68 bits per heavy atom. The predicted octanol–water partition coefficient (Wildman–Crippen LogP) is 3.47. The van der Waals surface area contributed by atoms with E-state index in [9.17, 15) is 14.9 Å². The summed E-state index contributed by atoms with van der Waals surface area (Å²) in [5.41, 5.74) is 1.93. The zero-order valence-electron chi connectivity index (χ0n) is 17.6. The smallest absolute Gasteiger partial charge is 0.410 e. The van der Waals surface area contributed by atoms with Crippen molar-refractivity contribution in [1.82, 2.24) is 14.9 Å². The molecule has 10 heteroatoms. The first-order valence-corrected chi connectivity index (χ1v) is 10.4. The summed E-state index contributed by atoms with van der Waals surface area (Å²) >= 11 is 0. The lowest BCUT2D eigenvalue weighted by Crippen LogP contribution is -2.42. The van der Waals surface area contributed by atoms with E-state index in [1.807, 2.05) is 18.7 Å². The zero-order chi connectivity index (χ0) is 22.0. The van der Waals surface area contributed by atoms with Crippen LogP contribution in [0.5, 0.6) is 5.88 Å². The van der Waals surface area contributed by atoms with Crippen molar-refractivity contribution in [1.29, 1.82) is 0 Å². The molecule has 0 radical (unpaired) electrons. The van der Waals surface area contributed by atoms with E-state index >= 15 is 0 Å². The molecule has 0 unspecified atom stereocenters. The molecular weight excluding hydrogens is 402 g/mol. The van der Waals surface area contributed by atoms with Crippen LogP contribution in [-0.4, -0.2) is 57.7 Å². The zero-order valence-corrected chi connectivity index (χ0v) is 17.6. The number of hydrogen-bond donors (Lipinski definition) is 0. The maximum Gasteiger partial charge on any atom is 0.410 e. The van der Waals surface area contributed by atoms with Crippen LogP contribution >= 0.6 is 0 Å². The van der Waals surface area contributed by atoms with E-state index < -0.39 is 0 Å². The van der Waals surface area contributed by atoms with Gasteiger partial charge in [-0.2, -0.15) is 0 Å². The molecule has 0 saturated carbocycles. The van der Waals surface area contributed by atoms with Crippen LogP contribution in [-0.2, 0) is 11.2 Å². The third-order valence-electron chi connectivity index (χ3n) is 5.40. The Kier molecular flexibility index (Phi) is 5.88. The fourth-order valence-corrected chi connectivity index (χ4v) is 3.88. The summed E-state index contributed by atoms with van der Waals surface area (Å²) in [5, 5.41) is 11.0. The minimum atomic E-state index is -0.382. The lowest BCUT2D eigenvalue weighted by atomic mass is 10.1. The standard InChI is InChI=1S/C21H25N5O5/c1-14(2)30-21(27)24-8-6-17(7-9-24)31-20-12-19(22-13-23-20)25-10-5-15-11-16(26(28)29)3-4-18(15)25/h3-4,11-14,17H,5-10H2,1-2H3. The van der Waals surface area contributed by atoms with Crippen LogP contribution in [0.1, 0.15) is 32.3 Å². The van der Waals surface area contributed by atoms with Gasteiger partial charge in [0.05, 0.1) is 11.0 Å². The number of fused-ring (bicyclic) bond motifs is 1. The number of non-ortho nitro benzene ring substituents is 1. The van der Waals surface area contributed by atoms with Gasteiger partial charge in [0.15, 0.2) is 0 Å². The van der Waals surface area contributed by atoms with Gasteiger partial charge in [-0.15, -0.1) is 0 Å². The van der Waals surface area contributed by atoms with Gasteiger partial charge in [-0.3, -0.25) is 10.1 Å². The summed E-state index contributed by atoms with van der Waals surface area (Å²) in [5.74, 6) is 1.17. The Morgan fingerprint density at radius 2 is 1.97 bits per heavy atom. The number of benzene rings is 1. The van der Waals surface area contributed by atoms with Gasteiger partial charge in [0, 0.05) is 56.4 Å². The van der Waals surface area contributed by atoms with E-state index in [0.29, 0.717) is 50.6 Å². The lowest BCUT2D eigenvalue weighted by Gasteiger charge is -2.31. The topological polar surface area (TPSA) is 111 Å². The first-order valence-electron chi connectivity index (χ1n) is 10.4. The van der Waals surface area contributed by atoms with Crippen LogP contribution in [0.15, 0.2) is 30.6 Å². The number of aromatic nitrogens is 2. The van der Waals surface area contributed by atoms with Crippen LogP contribution in [0.2, 0.25) is 0 Å². The largest absolute Gasteiger partial charge is 0.474 e. The predicted molar refractivity (Wildman–Crippen MR) is 113 cm³/mol. The molecule has 0 atom stereocenters. The summed E-state index contributed by atoms with van der Waals surface area (Å²) in [6.07, 6.45) is 3.10. The highest BCUT2D eigenvalue weighted by Crippen LogP contribution is 2.36. The second kappa shape index (κ2) is 8.75. The molecule has 1 amide bonds. The molecule has 164 valence electrons. The summed E-state index contributed by atoms with van der Waals surface area (Å²) in [6.45, 7) is 5.50. The van der Waals surface area contributed by atoms with E-state index in [0.717, 1.165) is 11.3 Å². The van der Waals surface area contributed by atoms with Crippen molar-refractivity contribution in [3.63, 3.8) is 0 Å². The number of likely N-dealkylation sites (tertiary alicyclic amines) is 1. The monoisotopic (exact) mass is 427 g/mol. The lowest BCUT2D eigenvalue weighted by molar-refractivity contribution is -0.384. The molecular formula is C21H25N5O5. The summed E-state index contributed by atoms with van der Waals surface area (Å²) in [6, 6.07) is 6.67. The Labute approximate surface area is 179 Å². The second-order valence-electron chi connectivity index (χ2n) is 7.92. The molecule has 1 saturated heterocycles. The normalized spacial score (nSPS) is 16.4. The Morgan fingerprint density at radius 1 is 1.19 bits per heavy atom. The molecule has 2 aromatic rings. The van der Waals surface area contributed by atoms with E-state index in [-0.39, 0.29) is 28.9 Å². The van der Waals surface area contributed by atoms with E-state index in [1.54, 1.807) is 23.1 Å². The molecule has 31 heavy (non-hydrogen) atoms. The summed E-state index contributed by atoms with van der Waals surface area (Å²) in [4.78, 5) is 35.0. The number of rotatable bonds is 5. The van der Waals surface area contributed by atoms with Crippen LogP contribution < -0.4 is 9.64 Å². The molecule has 2 aliphatic heterocycles. The number of carbonyl (C=O) groups is 1. The van der Waals surface area contributed by atoms with Crippen molar-refractivity contribution < 1.29 is 19.2 Å². The van der Waals surface area contributed by atoms with Crippen molar-refractivity contribution in [2.24, 2.45) is 0 Å². The van der Waals surface area contributed by atoms with Crippen molar-refractivity contribution >= 4 is 23.3 Å². The van der Waals surface area contributed by atoms with Crippen molar-refractivity contribution in [3.8, 4) is 5.88 Å². The number of anilines is 2. The number of piperidine rings is 1. The van der Waals surface area contributed by atoms with Crippen LogP contribution in [0.4, 0.5) is 22.0 Å². The molecule has 4 rings (SSSR count). The minimum Gasteiger partial charge on any atom is -0.474 e. The number of amides is 1. The molecule has 2 aliphatic rings. The van der Waals surface area contributed by atoms with E-state index in [4.69, 9.17) is 9.47 Å². The van der Waals surface area contributed by atoms with E-state index in [2.05, 4.69) is 9.97 Å². The second-order valence-corrected chi connectivity index (χ2v) is 7.92. The molecule has 0 aliphatic carbocycles. The third-order valence-corrected chi connectivity index (χ3v) is 5.40. The average Bonchev–Trinajstić information content (AvgIpc) is 3.17. The number of nitro groups is 1. The number of hydrogen-bond acceptors (Lipinski definition) is 8. The SMILES string of the molecule is CC(C)OC(=O)N1CCC(Oc2cc(N3CCc4cc([N+](=O)[O-])ccc43)ncn2)CC1.